The fraction of sp³-hybridized carbons (Fsp3) is 0.562. The molecule has 1 amide bonds. The third kappa shape index (κ3) is 5.48. The molecule has 0 bridgehead atoms. The van der Waals surface area contributed by atoms with Gasteiger partial charge in [0.2, 0.25) is 5.91 Å². The highest BCUT2D eigenvalue weighted by molar-refractivity contribution is 8.01. The number of ether oxygens (including phenoxy) is 1. The summed E-state index contributed by atoms with van der Waals surface area (Å²) in [5, 5.41) is 3.25. The van der Waals surface area contributed by atoms with Gasteiger partial charge in [-0.2, -0.15) is 8.78 Å². The number of carbonyl (C=O) groups is 1. The van der Waals surface area contributed by atoms with Gasteiger partial charge in [-0.15, -0.1) is 11.8 Å². The van der Waals surface area contributed by atoms with Gasteiger partial charge in [-0.05, 0) is 44.0 Å². The molecule has 1 fully saturated rings. The van der Waals surface area contributed by atoms with Crippen LogP contribution in [0.3, 0.4) is 0 Å². The van der Waals surface area contributed by atoms with Gasteiger partial charge in [0, 0.05) is 10.9 Å². The molecule has 22 heavy (non-hydrogen) atoms. The van der Waals surface area contributed by atoms with Gasteiger partial charge in [0.15, 0.2) is 0 Å². The zero-order valence-corrected chi connectivity index (χ0v) is 13.4. The van der Waals surface area contributed by atoms with Crippen LogP contribution < -0.4 is 10.1 Å². The fourth-order valence-corrected chi connectivity index (χ4v) is 3.88. The lowest BCUT2D eigenvalue weighted by Crippen LogP contribution is -2.25. The van der Waals surface area contributed by atoms with Gasteiger partial charge in [0.1, 0.15) is 5.75 Å². The lowest BCUT2D eigenvalue weighted by molar-refractivity contribution is -0.115. The molecule has 0 spiro atoms. The second kappa shape index (κ2) is 8.36. The summed E-state index contributed by atoms with van der Waals surface area (Å²) in [6.45, 7) is -0.935. The van der Waals surface area contributed by atoms with E-state index in [1.165, 1.54) is 44.2 Å². The predicted octanol–water partition coefficient (Wildman–Crippen LogP) is 4.68. The Hall–Kier alpha value is -1.30. The number of hydrogen-bond donors (Lipinski definition) is 1. The first-order valence-corrected chi connectivity index (χ1v) is 8.50. The van der Waals surface area contributed by atoms with Crippen molar-refractivity contribution in [1.29, 1.82) is 0 Å². The first-order chi connectivity index (χ1) is 10.5. The molecule has 0 radical (unpaired) electrons. The van der Waals surface area contributed by atoms with Crippen molar-refractivity contribution in [3.05, 3.63) is 24.3 Å². The van der Waals surface area contributed by atoms with Crippen LogP contribution in [0.5, 0.6) is 5.75 Å². The molecule has 2 rings (SSSR count). The summed E-state index contributed by atoms with van der Waals surface area (Å²) in [5.74, 6) is 0.0238. The second-order valence-corrected chi connectivity index (χ2v) is 7.08. The molecule has 0 heterocycles. The molecular weight excluding hydrogens is 308 g/mol. The number of anilines is 1. The highest BCUT2D eigenvalue weighted by atomic mass is 32.2. The molecule has 0 aliphatic heterocycles. The van der Waals surface area contributed by atoms with E-state index in [4.69, 9.17) is 0 Å². The minimum Gasteiger partial charge on any atom is -0.435 e. The molecule has 6 heteroatoms. The molecule has 1 aromatic carbocycles. The van der Waals surface area contributed by atoms with Gasteiger partial charge in [-0.3, -0.25) is 4.79 Å². The van der Waals surface area contributed by atoms with E-state index in [2.05, 4.69) is 10.1 Å². The molecule has 1 atom stereocenters. The fourth-order valence-electron chi connectivity index (χ4n) is 2.52. The van der Waals surface area contributed by atoms with Crippen molar-refractivity contribution in [3.63, 3.8) is 0 Å². The normalized spacial score (nSPS) is 17.3. The summed E-state index contributed by atoms with van der Waals surface area (Å²) < 4.78 is 28.4. The van der Waals surface area contributed by atoms with Crippen molar-refractivity contribution in [2.45, 2.75) is 56.1 Å². The Kier molecular flexibility index (Phi) is 6.49. The number of alkyl halides is 2. The molecule has 122 valence electrons. The minimum atomic E-state index is -2.84. The van der Waals surface area contributed by atoms with Crippen LogP contribution in [0.4, 0.5) is 14.5 Å². The van der Waals surface area contributed by atoms with Crippen molar-refractivity contribution in [2.24, 2.45) is 0 Å². The average molecular weight is 329 g/mol. The number of hydrogen-bond acceptors (Lipinski definition) is 3. The lowest BCUT2D eigenvalue weighted by Gasteiger charge is -2.23. The van der Waals surface area contributed by atoms with E-state index >= 15 is 0 Å². The Bertz CT molecular complexity index is 476. The smallest absolute Gasteiger partial charge is 0.387 e. The number of rotatable bonds is 6. The molecule has 3 nitrogen and oxygen atoms in total. The maximum Gasteiger partial charge on any atom is 0.387 e. The first-order valence-electron chi connectivity index (χ1n) is 7.56. The second-order valence-electron chi connectivity index (χ2n) is 5.43. The first kappa shape index (κ1) is 17.1. The van der Waals surface area contributed by atoms with Crippen LogP contribution >= 0.6 is 11.8 Å². The Morgan fingerprint density at radius 1 is 1.23 bits per heavy atom. The van der Waals surface area contributed by atoms with Crippen LogP contribution in [0.25, 0.3) is 0 Å². The van der Waals surface area contributed by atoms with E-state index in [-0.39, 0.29) is 16.9 Å². The summed E-state index contributed by atoms with van der Waals surface area (Å²) in [4.78, 5) is 12.2. The van der Waals surface area contributed by atoms with E-state index in [1.54, 1.807) is 23.9 Å². The van der Waals surface area contributed by atoms with E-state index in [9.17, 15) is 13.6 Å². The van der Waals surface area contributed by atoms with Crippen molar-refractivity contribution in [3.8, 4) is 5.75 Å². The van der Waals surface area contributed by atoms with Gasteiger partial charge >= 0.3 is 6.61 Å². The van der Waals surface area contributed by atoms with Gasteiger partial charge in [-0.25, -0.2) is 0 Å². The van der Waals surface area contributed by atoms with E-state index in [1.807, 2.05) is 6.92 Å². The zero-order chi connectivity index (χ0) is 15.9. The van der Waals surface area contributed by atoms with Gasteiger partial charge in [0.05, 0.1) is 5.25 Å². The lowest BCUT2D eigenvalue weighted by atomic mass is 10.0. The summed E-state index contributed by atoms with van der Waals surface area (Å²) >= 11 is 1.72. The standard InChI is InChI=1S/C16H21F2NO2S/c1-11(22-14-5-3-2-4-6-14)15(20)19-12-7-9-13(10-8-12)21-16(17)18/h7-11,14,16H,2-6H2,1H3,(H,19,20). The molecule has 0 aromatic heterocycles. The maximum atomic E-state index is 12.2. The molecule has 1 aliphatic carbocycles. The summed E-state index contributed by atoms with van der Waals surface area (Å²) in [6.07, 6.45) is 6.16. The van der Waals surface area contributed by atoms with Crippen LogP contribution in [0.1, 0.15) is 39.0 Å². The number of halogens is 2. The van der Waals surface area contributed by atoms with Crippen LogP contribution in [-0.4, -0.2) is 23.0 Å². The van der Waals surface area contributed by atoms with Crippen LogP contribution in [0.15, 0.2) is 24.3 Å². The minimum absolute atomic E-state index is 0.0573. The van der Waals surface area contributed by atoms with Crippen LogP contribution in [0, 0.1) is 0 Å². The molecular formula is C16H21F2NO2S. The predicted molar refractivity (Wildman–Crippen MR) is 85.6 cm³/mol. The third-order valence-corrected chi connectivity index (χ3v) is 5.14. The van der Waals surface area contributed by atoms with Crippen molar-refractivity contribution in [2.75, 3.05) is 5.32 Å². The number of thioether (sulfide) groups is 1. The number of carbonyl (C=O) groups excluding carboxylic acids is 1. The van der Waals surface area contributed by atoms with Crippen LogP contribution in [-0.2, 0) is 4.79 Å². The summed E-state index contributed by atoms with van der Waals surface area (Å²) in [6, 6.07) is 5.96. The Morgan fingerprint density at radius 3 is 2.45 bits per heavy atom. The molecule has 1 saturated carbocycles. The van der Waals surface area contributed by atoms with E-state index in [0.29, 0.717) is 10.9 Å². The van der Waals surface area contributed by atoms with Crippen molar-refractivity contribution >= 4 is 23.4 Å². The SMILES string of the molecule is CC(SC1CCCCC1)C(=O)Nc1ccc(OC(F)F)cc1. The Morgan fingerprint density at radius 2 is 1.86 bits per heavy atom. The van der Waals surface area contributed by atoms with Gasteiger partial charge < -0.3 is 10.1 Å². The van der Waals surface area contributed by atoms with E-state index < -0.39 is 6.61 Å². The van der Waals surface area contributed by atoms with Gasteiger partial charge in [-0.1, -0.05) is 19.3 Å². The van der Waals surface area contributed by atoms with Crippen molar-refractivity contribution in [1.82, 2.24) is 0 Å². The Labute approximate surface area is 133 Å². The summed E-state index contributed by atoms with van der Waals surface area (Å²) in [5.41, 5.74) is 0.586. The van der Waals surface area contributed by atoms with Gasteiger partial charge in [0.25, 0.3) is 0 Å². The average Bonchev–Trinajstić information content (AvgIpc) is 2.49. The zero-order valence-electron chi connectivity index (χ0n) is 12.6. The molecule has 0 saturated heterocycles. The topological polar surface area (TPSA) is 38.3 Å². The van der Waals surface area contributed by atoms with E-state index in [0.717, 1.165) is 0 Å². The summed E-state index contributed by atoms with van der Waals surface area (Å²) in [7, 11) is 0. The molecule has 1 N–H and O–H groups in total. The Balaban J connectivity index is 1.82. The number of nitrogens with one attached hydrogen (secondary N) is 1. The molecule has 1 unspecified atom stereocenters. The highest BCUT2D eigenvalue weighted by Crippen LogP contribution is 2.31. The molecule has 1 aromatic rings. The highest BCUT2D eigenvalue weighted by Gasteiger charge is 2.21. The third-order valence-electron chi connectivity index (χ3n) is 3.67. The largest absolute Gasteiger partial charge is 0.435 e. The number of amides is 1. The molecule has 1 aliphatic rings. The van der Waals surface area contributed by atoms with Crippen LogP contribution in [0.2, 0.25) is 0 Å². The monoisotopic (exact) mass is 329 g/mol. The maximum absolute atomic E-state index is 12.2. The van der Waals surface area contributed by atoms with Crippen molar-refractivity contribution < 1.29 is 18.3 Å². The quantitative estimate of drug-likeness (QED) is 0.823. The number of benzene rings is 1.